The molecule has 0 spiro atoms. The topological polar surface area (TPSA) is 93.1 Å². The van der Waals surface area contributed by atoms with E-state index in [1.165, 1.54) is 12.1 Å². The van der Waals surface area contributed by atoms with Crippen LogP contribution in [0.3, 0.4) is 0 Å². The van der Waals surface area contributed by atoms with Crippen LogP contribution < -0.4 is 10.0 Å². The molecule has 3 rings (SSSR count). The van der Waals surface area contributed by atoms with Crippen molar-refractivity contribution in [3.8, 4) is 5.69 Å². The minimum Gasteiger partial charge on any atom is -0.324 e. The molecule has 2 N–H and O–H groups in total. The highest BCUT2D eigenvalue weighted by molar-refractivity contribution is 7.89. The lowest BCUT2D eigenvalue weighted by atomic mass is 10.2. The molecule has 9 heteroatoms. The Bertz CT molecular complexity index is 1140. The van der Waals surface area contributed by atoms with Crippen molar-refractivity contribution in [3.63, 3.8) is 0 Å². The Morgan fingerprint density at radius 2 is 1.86 bits per heavy atom. The van der Waals surface area contributed by atoms with Gasteiger partial charge in [-0.2, -0.15) is 5.10 Å². The van der Waals surface area contributed by atoms with Gasteiger partial charge in [0.1, 0.15) is 0 Å². The summed E-state index contributed by atoms with van der Waals surface area (Å²) in [4.78, 5) is 12.4. The number of para-hydroxylation sites is 2. The zero-order valence-electron chi connectivity index (χ0n) is 16.0. The molecule has 1 aromatic heterocycles. The highest BCUT2D eigenvalue weighted by Gasteiger charge is 2.15. The highest BCUT2D eigenvalue weighted by Crippen LogP contribution is 2.21. The number of nitrogens with one attached hydrogen (secondary N) is 2. The molecule has 0 unspecified atom stereocenters. The van der Waals surface area contributed by atoms with Crippen LogP contribution in [0.4, 0.5) is 5.69 Å². The molecule has 152 valence electrons. The van der Waals surface area contributed by atoms with Crippen LogP contribution in [0.15, 0.2) is 59.5 Å². The second-order valence-electron chi connectivity index (χ2n) is 6.51. The summed E-state index contributed by atoms with van der Waals surface area (Å²) < 4.78 is 28.8. The van der Waals surface area contributed by atoms with Crippen LogP contribution in [-0.2, 0) is 14.8 Å². The number of sulfonamides is 1. The predicted octanol–water partition coefficient (Wildman–Crippen LogP) is 3.45. The van der Waals surface area contributed by atoms with Crippen LogP contribution in [0.1, 0.15) is 17.8 Å². The van der Waals surface area contributed by atoms with Crippen molar-refractivity contribution in [1.29, 1.82) is 0 Å². The average molecular weight is 433 g/mol. The molecule has 0 radical (unpaired) electrons. The molecule has 3 aromatic rings. The second-order valence-corrected chi connectivity index (χ2v) is 8.71. The fourth-order valence-electron chi connectivity index (χ4n) is 2.87. The van der Waals surface area contributed by atoms with E-state index < -0.39 is 10.0 Å². The number of benzene rings is 2. The van der Waals surface area contributed by atoms with Crippen molar-refractivity contribution in [1.82, 2.24) is 14.5 Å². The number of hydrogen-bond donors (Lipinski definition) is 2. The molecule has 7 nitrogen and oxygen atoms in total. The van der Waals surface area contributed by atoms with Gasteiger partial charge in [0.25, 0.3) is 0 Å². The third kappa shape index (κ3) is 5.23. The molecule has 0 aliphatic carbocycles. The monoisotopic (exact) mass is 432 g/mol. The molecule has 0 fully saturated rings. The van der Waals surface area contributed by atoms with Gasteiger partial charge in [0.15, 0.2) is 0 Å². The summed E-state index contributed by atoms with van der Waals surface area (Å²) in [6.45, 7) is 3.79. The smallest absolute Gasteiger partial charge is 0.240 e. The van der Waals surface area contributed by atoms with Crippen LogP contribution in [0.5, 0.6) is 0 Å². The van der Waals surface area contributed by atoms with E-state index in [-0.39, 0.29) is 23.8 Å². The van der Waals surface area contributed by atoms with Gasteiger partial charge in [0, 0.05) is 23.7 Å². The first-order valence-electron chi connectivity index (χ1n) is 8.94. The SMILES string of the molecule is Cc1cc(C)n(-c2ccccc2NC(=O)CCNS(=O)(=O)c2cccc(Cl)c2)n1. The third-order valence-corrected chi connectivity index (χ3v) is 5.86. The molecule has 1 heterocycles. The summed E-state index contributed by atoms with van der Waals surface area (Å²) in [6, 6.07) is 15.2. The average Bonchev–Trinajstić information content (AvgIpc) is 3.00. The molecular weight excluding hydrogens is 412 g/mol. The normalized spacial score (nSPS) is 11.4. The van der Waals surface area contributed by atoms with Crippen molar-refractivity contribution in [2.24, 2.45) is 0 Å². The van der Waals surface area contributed by atoms with Crippen LogP contribution in [-0.4, -0.2) is 30.7 Å². The summed E-state index contributed by atoms with van der Waals surface area (Å²) >= 11 is 5.84. The van der Waals surface area contributed by atoms with E-state index in [0.29, 0.717) is 10.7 Å². The van der Waals surface area contributed by atoms with Crippen LogP contribution in [0.25, 0.3) is 5.69 Å². The Morgan fingerprint density at radius 3 is 2.55 bits per heavy atom. The number of aryl methyl sites for hydroxylation is 2. The number of aromatic nitrogens is 2. The quantitative estimate of drug-likeness (QED) is 0.598. The summed E-state index contributed by atoms with van der Waals surface area (Å²) in [5.41, 5.74) is 3.16. The van der Waals surface area contributed by atoms with Crippen molar-refractivity contribution in [2.75, 3.05) is 11.9 Å². The van der Waals surface area contributed by atoms with Gasteiger partial charge < -0.3 is 5.32 Å². The molecule has 0 saturated carbocycles. The number of halogens is 1. The number of anilines is 1. The fourth-order valence-corrected chi connectivity index (χ4v) is 4.20. The number of carbonyl (C=O) groups excluding carboxylic acids is 1. The molecule has 2 aromatic carbocycles. The first kappa shape index (κ1) is 21.0. The molecular formula is C20H21ClN4O3S. The lowest BCUT2D eigenvalue weighted by molar-refractivity contribution is -0.116. The first-order chi connectivity index (χ1) is 13.8. The lowest BCUT2D eigenvalue weighted by Gasteiger charge is -2.13. The number of hydrogen-bond acceptors (Lipinski definition) is 4. The molecule has 0 aliphatic rings. The van der Waals surface area contributed by atoms with Crippen molar-refractivity contribution in [3.05, 3.63) is 71.0 Å². The Hall–Kier alpha value is -2.68. The molecule has 29 heavy (non-hydrogen) atoms. The minimum absolute atomic E-state index is 0.0226. The highest BCUT2D eigenvalue weighted by atomic mass is 35.5. The standard InChI is InChI=1S/C20H21ClN4O3S/c1-14-12-15(2)25(24-14)19-9-4-3-8-18(19)23-20(26)10-11-22-29(27,28)17-7-5-6-16(21)13-17/h3-9,12-13,22H,10-11H2,1-2H3,(H,23,26). The van der Waals surface area contributed by atoms with Crippen LogP contribution >= 0.6 is 11.6 Å². The van der Waals surface area contributed by atoms with E-state index in [1.54, 1.807) is 22.9 Å². The van der Waals surface area contributed by atoms with E-state index >= 15 is 0 Å². The summed E-state index contributed by atoms with van der Waals surface area (Å²) in [5.74, 6) is -0.312. The van der Waals surface area contributed by atoms with Gasteiger partial charge >= 0.3 is 0 Å². The zero-order valence-corrected chi connectivity index (χ0v) is 17.6. The summed E-state index contributed by atoms with van der Waals surface area (Å²) in [5, 5.41) is 7.60. The summed E-state index contributed by atoms with van der Waals surface area (Å²) in [6.07, 6.45) is -0.0226. The largest absolute Gasteiger partial charge is 0.324 e. The lowest BCUT2D eigenvalue weighted by Crippen LogP contribution is -2.28. The van der Waals surface area contributed by atoms with Crippen molar-refractivity contribution < 1.29 is 13.2 Å². The fraction of sp³-hybridized carbons (Fsp3) is 0.200. The van der Waals surface area contributed by atoms with E-state index in [4.69, 9.17) is 11.6 Å². The van der Waals surface area contributed by atoms with Gasteiger partial charge in [-0.05, 0) is 50.2 Å². The van der Waals surface area contributed by atoms with Gasteiger partial charge in [0.2, 0.25) is 15.9 Å². The van der Waals surface area contributed by atoms with Gasteiger partial charge in [-0.3, -0.25) is 4.79 Å². The second kappa shape index (κ2) is 8.77. The Morgan fingerprint density at radius 1 is 1.10 bits per heavy atom. The number of nitrogens with zero attached hydrogens (tertiary/aromatic N) is 2. The van der Waals surface area contributed by atoms with E-state index in [9.17, 15) is 13.2 Å². The van der Waals surface area contributed by atoms with E-state index in [1.807, 2.05) is 38.1 Å². The molecule has 1 amide bonds. The van der Waals surface area contributed by atoms with E-state index in [0.717, 1.165) is 17.1 Å². The van der Waals surface area contributed by atoms with Crippen molar-refractivity contribution in [2.45, 2.75) is 25.2 Å². The van der Waals surface area contributed by atoms with Gasteiger partial charge in [-0.15, -0.1) is 0 Å². The number of rotatable bonds is 7. The number of amides is 1. The Labute approximate surface area is 174 Å². The summed E-state index contributed by atoms with van der Waals surface area (Å²) in [7, 11) is -3.73. The third-order valence-electron chi connectivity index (χ3n) is 4.17. The first-order valence-corrected chi connectivity index (χ1v) is 10.8. The molecule has 0 bridgehead atoms. The van der Waals surface area contributed by atoms with Crippen LogP contribution in [0.2, 0.25) is 5.02 Å². The molecule has 0 aliphatic heterocycles. The predicted molar refractivity (Wildman–Crippen MR) is 113 cm³/mol. The number of carbonyl (C=O) groups is 1. The van der Waals surface area contributed by atoms with Gasteiger partial charge in [0.05, 0.1) is 22.0 Å². The minimum atomic E-state index is -3.73. The maximum absolute atomic E-state index is 12.4. The Kier molecular flexibility index (Phi) is 6.36. The Balaban J connectivity index is 1.64. The maximum Gasteiger partial charge on any atom is 0.240 e. The maximum atomic E-state index is 12.4. The van der Waals surface area contributed by atoms with Gasteiger partial charge in [-0.1, -0.05) is 29.8 Å². The zero-order chi connectivity index (χ0) is 21.0. The molecule has 0 saturated heterocycles. The van der Waals surface area contributed by atoms with Crippen molar-refractivity contribution >= 4 is 33.2 Å². The van der Waals surface area contributed by atoms with Crippen LogP contribution in [0, 0.1) is 13.8 Å². The van der Waals surface area contributed by atoms with Gasteiger partial charge in [-0.25, -0.2) is 17.8 Å². The molecule has 0 atom stereocenters. The van der Waals surface area contributed by atoms with E-state index in [2.05, 4.69) is 15.1 Å².